The number of carboxylic acid groups (broad SMARTS) is 1. The van der Waals surface area contributed by atoms with E-state index in [1.807, 2.05) is 19.1 Å². The molecule has 3 atom stereocenters. The lowest BCUT2D eigenvalue weighted by atomic mass is 9.86. The Labute approximate surface area is 143 Å². The first-order valence-electron chi connectivity index (χ1n) is 8.65. The van der Waals surface area contributed by atoms with Gasteiger partial charge in [0.05, 0.1) is 12.0 Å². The van der Waals surface area contributed by atoms with Crippen molar-refractivity contribution in [3.8, 4) is 0 Å². The van der Waals surface area contributed by atoms with Crippen LogP contribution >= 0.6 is 0 Å². The summed E-state index contributed by atoms with van der Waals surface area (Å²) in [6.45, 7) is 7.31. The van der Waals surface area contributed by atoms with E-state index in [0.29, 0.717) is 19.5 Å². The van der Waals surface area contributed by atoms with Crippen molar-refractivity contribution >= 4 is 12.0 Å². The zero-order chi connectivity index (χ0) is 17.5. The molecule has 2 N–H and O–H groups in total. The lowest BCUT2D eigenvalue weighted by Gasteiger charge is -2.35. The van der Waals surface area contributed by atoms with Gasteiger partial charge in [0.1, 0.15) is 0 Å². The van der Waals surface area contributed by atoms with Crippen LogP contribution in [0.3, 0.4) is 0 Å². The lowest BCUT2D eigenvalue weighted by Crippen LogP contribution is -2.50. The maximum absolute atomic E-state index is 12.7. The highest BCUT2D eigenvalue weighted by Gasteiger charge is 2.39. The fraction of sp³-hybridized carbons (Fsp3) is 0.579. The summed E-state index contributed by atoms with van der Waals surface area (Å²) in [5.74, 6) is -1.07. The van der Waals surface area contributed by atoms with Crippen molar-refractivity contribution in [1.82, 2.24) is 10.2 Å². The highest BCUT2D eigenvalue weighted by molar-refractivity contribution is 5.77. The van der Waals surface area contributed by atoms with Crippen LogP contribution in [0.15, 0.2) is 24.3 Å². The summed E-state index contributed by atoms with van der Waals surface area (Å²) in [5, 5.41) is 12.4. The zero-order valence-electron chi connectivity index (χ0n) is 14.6. The van der Waals surface area contributed by atoms with Gasteiger partial charge in [0.15, 0.2) is 0 Å². The zero-order valence-corrected chi connectivity index (χ0v) is 14.6. The van der Waals surface area contributed by atoms with Crippen molar-refractivity contribution in [2.75, 3.05) is 13.1 Å². The fourth-order valence-electron chi connectivity index (χ4n) is 4.21. The second kappa shape index (κ2) is 6.11. The summed E-state index contributed by atoms with van der Waals surface area (Å²) < 4.78 is 0. The number of likely N-dealkylation sites (tertiary alicyclic amines) is 1. The van der Waals surface area contributed by atoms with E-state index in [0.717, 1.165) is 6.42 Å². The highest BCUT2D eigenvalue weighted by Crippen LogP contribution is 2.44. The molecule has 130 valence electrons. The van der Waals surface area contributed by atoms with E-state index in [1.54, 1.807) is 4.90 Å². The van der Waals surface area contributed by atoms with Gasteiger partial charge in [0.2, 0.25) is 0 Å². The normalized spacial score (nSPS) is 28.3. The van der Waals surface area contributed by atoms with Gasteiger partial charge in [-0.1, -0.05) is 45.0 Å². The van der Waals surface area contributed by atoms with E-state index in [4.69, 9.17) is 0 Å². The molecule has 1 heterocycles. The number of hydrogen-bond acceptors (Lipinski definition) is 2. The third kappa shape index (κ3) is 3.12. The Balaban J connectivity index is 1.73. The molecule has 1 aromatic rings. The van der Waals surface area contributed by atoms with Gasteiger partial charge in [0.25, 0.3) is 0 Å². The van der Waals surface area contributed by atoms with Gasteiger partial charge in [-0.25, -0.2) is 4.79 Å². The Bertz CT molecular complexity index is 656. The molecule has 1 fully saturated rings. The van der Waals surface area contributed by atoms with Gasteiger partial charge >= 0.3 is 12.0 Å². The van der Waals surface area contributed by atoms with Crippen molar-refractivity contribution in [3.05, 3.63) is 35.4 Å². The SMILES string of the molecule is CC1CC(C(=O)O)CN(C(=O)NC2CC(C)(C)c3ccccc32)C1. The summed E-state index contributed by atoms with van der Waals surface area (Å²) in [5.41, 5.74) is 2.49. The molecule has 2 amide bonds. The number of carboxylic acids is 1. The number of aliphatic carboxylic acids is 1. The maximum Gasteiger partial charge on any atom is 0.317 e. The number of rotatable bonds is 2. The Morgan fingerprint density at radius 3 is 2.67 bits per heavy atom. The highest BCUT2D eigenvalue weighted by atomic mass is 16.4. The minimum Gasteiger partial charge on any atom is -0.481 e. The van der Waals surface area contributed by atoms with Crippen LogP contribution in [0.5, 0.6) is 0 Å². The number of amides is 2. The second-order valence-corrected chi connectivity index (χ2v) is 7.96. The number of fused-ring (bicyclic) bond motifs is 1. The lowest BCUT2D eigenvalue weighted by molar-refractivity contribution is -0.143. The summed E-state index contributed by atoms with van der Waals surface area (Å²) in [7, 11) is 0. The summed E-state index contributed by atoms with van der Waals surface area (Å²) >= 11 is 0. The molecular weight excluding hydrogens is 304 g/mol. The third-order valence-corrected chi connectivity index (χ3v) is 5.37. The van der Waals surface area contributed by atoms with Crippen LogP contribution in [-0.2, 0) is 10.2 Å². The van der Waals surface area contributed by atoms with E-state index >= 15 is 0 Å². The molecule has 24 heavy (non-hydrogen) atoms. The Hall–Kier alpha value is -2.04. The van der Waals surface area contributed by atoms with Crippen LogP contribution in [0, 0.1) is 11.8 Å². The van der Waals surface area contributed by atoms with E-state index in [-0.39, 0.29) is 23.4 Å². The number of nitrogens with zero attached hydrogens (tertiary/aromatic N) is 1. The van der Waals surface area contributed by atoms with Crippen molar-refractivity contribution in [3.63, 3.8) is 0 Å². The van der Waals surface area contributed by atoms with Gasteiger partial charge in [-0.3, -0.25) is 4.79 Å². The van der Waals surface area contributed by atoms with Gasteiger partial charge in [-0.05, 0) is 35.3 Å². The van der Waals surface area contributed by atoms with Crippen molar-refractivity contribution in [1.29, 1.82) is 0 Å². The number of urea groups is 1. The van der Waals surface area contributed by atoms with Crippen molar-refractivity contribution in [2.45, 2.75) is 45.1 Å². The van der Waals surface area contributed by atoms with E-state index < -0.39 is 11.9 Å². The van der Waals surface area contributed by atoms with Gasteiger partial charge in [0, 0.05) is 13.1 Å². The molecule has 1 aliphatic heterocycles. The molecule has 1 saturated heterocycles. The molecule has 1 aromatic carbocycles. The molecule has 2 aliphatic rings. The molecule has 5 nitrogen and oxygen atoms in total. The largest absolute Gasteiger partial charge is 0.481 e. The first kappa shape index (κ1) is 16.8. The number of nitrogens with one attached hydrogen (secondary N) is 1. The van der Waals surface area contributed by atoms with Crippen LogP contribution in [0.25, 0.3) is 0 Å². The first-order chi connectivity index (χ1) is 11.3. The van der Waals surface area contributed by atoms with Crippen LogP contribution in [0.4, 0.5) is 4.79 Å². The number of benzene rings is 1. The molecular formula is C19H26N2O3. The average molecular weight is 330 g/mol. The van der Waals surface area contributed by atoms with Crippen LogP contribution in [0.1, 0.15) is 50.8 Å². The molecule has 3 rings (SSSR count). The predicted molar refractivity (Wildman–Crippen MR) is 91.8 cm³/mol. The Morgan fingerprint density at radius 2 is 1.96 bits per heavy atom. The molecule has 1 aliphatic carbocycles. The average Bonchev–Trinajstić information content (AvgIpc) is 2.78. The van der Waals surface area contributed by atoms with Gasteiger partial charge in [-0.15, -0.1) is 0 Å². The fourth-order valence-corrected chi connectivity index (χ4v) is 4.21. The molecule has 5 heteroatoms. The minimum atomic E-state index is -0.813. The number of carbonyl (C=O) groups is 2. The van der Waals surface area contributed by atoms with Crippen molar-refractivity contribution in [2.24, 2.45) is 11.8 Å². The summed E-state index contributed by atoms with van der Waals surface area (Å²) in [4.78, 5) is 25.7. The van der Waals surface area contributed by atoms with E-state index in [9.17, 15) is 14.7 Å². The number of hydrogen-bond donors (Lipinski definition) is 2. The first-order valence-corrected chi connectivity index (χ1v) is 8.65. The molecule has 0 bridgehead atoms. The second-order valence-electron chi connectivity index (χ2n) is 7.96. The summed E-state index contributed by atoms with van der Waals surface area (Å²) in [6.07, 6.45) is 1.50. The molecule has 0 spiro atoms. The van der Waals surface area contributed by atoms with Gasteiger partial charge < -0.3 is 15.3 Å². The minimum absolute atomic E-state index is 0.00999. The standard InChI is InChI=1S/C19H26N2O3/c1-12-8-13(17(22)23)11-21(10-12)18(24)20-16-9-19(2,3)15-7-5-4-6-14(15)16/h4-7,12-13,16H,8-11H2,1-3H3,(H,20,24)(H,22,23). The Morgan fingerprint density at radius 1 is 1.25 bits per heavy atom. The monoisotopic (exact) mass is 330 g/mol. The summed E-state index contributed by atoms with van der Waals surface area (Å²) in [6, 6.07) is 8.09. The molecule has 0 saturated carbocycles. The van der Waals surface area contributed by atoms with E-state index in [1.165, 1.54) is 11.1 Å². The smallest absolute Gasteiger partial charge is 0.317 e. The van der Waals surface area contributed by atoms with Gasteiger partial charge in [-0.2, -0.15) is 0 Å². The number of carbonyl (C=O) groups excluding carboxylic acids is 1. The van der Waals surface area contributed by atoms with Crippen molar-refractivity contribution < 1.29 is 14.7 Å². The number of piperidine rings is 1. The molecule has 0 aromatic heterocycles. The van der Waals surface area contributed by atoms with Crippen LogP contribution in [-0.4, -0.2) is 35.1 Å². The molecule has 3 unspecified atom stereocenters. The maximum atomic E-state index is 12.7. The van der Waals surface area contributed by atoms with Crippen LogP contribution in [0.2, 0.25) is 0 Å². The van der Waals surface area contributed by atoms with Crippen LogP contribution < -0.4 is 5.32 Å². The Kier molecular flexibility index (Phi) is 4.28. The third-order valence-electron chi connectivity index (χ3n) is 5.37. The quantitative estimate of drug-likeness (QED) is 0.875. The topological polar surface area (TPSA) is 69.6 Å². The molecule has 0 radical (unpaired) electrons. The predicted octanol–water partition coefficient (Wildman–Crippen LogP) is 3.16. The van der Waals surface area contributed by atoms with E-state index in [2.05, 4.69) is 31.3 Å².